The summed E-state index contributed by atoms with van der Waals surface area (Å²) >= 11 is 5.96. The second-order valence-corrected chi connectivity index (χ2v) is 3.96. The molecule has 0 bridgehead atoms. The standard InChI is InChI=1S/C11H13ClN4O/c1-16-10(6-13)14-11(15-16)8-5-7(12)3-4-9(8)17-2/h3-5H,6,13H2,1-2H3. The van der Waals surface area contributed by atoms with Gasteiger partial charge in [-0.25, -0.2) is 4.98 Å². The molecular formula is C11H13ClN4O. The van der Waals surface area contributed by atoms with Gasteiger partial charge in [-0.3, -0.25) is 4.68 Å². The summed E-state index contributed by atoms with van der Waals surface area (Å²) in [7, 11) is 3.40. The highest BCUT2D eigenvalue weighted by Gasteiger charge is 2.13. The van der Waals surface area contributed by atoms with E-state index in [2.05, 4.69) is 10.1 Å². The molecule has 17 heavy (non-hydrogen) atoms. The molecule has 0 aliphatic rings. The van der Waals surface area contributed by atoms with Crippen LogP contribution in [0, 0.1) is 0 Å². The third-order valence-corrected chi connectivity index (χ3v) is 2.67. The predicted molar refractivity (Wildman–Crippen MR) is 65.9 cm³/mol. The second-order valence-electron chi connectivity index (χ2n) is 3.52. The van der Waals surface area contributed by atoms with Crippen molar-refractivity contribution in [2.45, 2.75) is 6.54 Å². The van der Waals surface area contributed by atoms with E-state index in [0.29, 0.717) is 29.0 Å². The Morgan fingerprint density at radius 1 is 1.47 bits per heavy atom. The van der Waals surface area contributed by atoms with E-state index in [1.54, 1.807) is 37.0 Å². The third kappa shape index (κ3) is 2.25. The molecule has 90 valence electrons. The molecule has 0 saturated carbocycles. The van der Waals surface area contributed by atoms with Crippen LogP contribution in [0.2, 0.25) is 5.02 Å². The van der Waals surface area contributed by atoms with Crippen LogP contribution in [-0.4, -0.2) is 21.9 Å². The molecular weight excluding hydrogens is 240 g/mol. The summed E-state index contributed by atoms with van der Waals surface area (Å²) in [6.07, 6.45) is 0. The first kappa shape index (κ1) is 11.9. The number of hydrogen-bond acceptors (Lipinski definition) is 4. The first-order chi connectivity index (χ1) is 8.15. The smallest absolute Gasteiger partial charge is 0.185 e. The van der Waals surface area contributed by atoms with E-state index >= 15 is 0 Å². The molecule has 2 N–H and O–H groups in total. The van der Waals surface area contributed by atoms with Gasteiger partial charge in [-0.1, -0.05) is 11.6 Å². The highest BCUT2D eigenvalue weighted by atomic mass is 35.5. The Morgan fingerprint density at radius 2 is 2.24 bits per heavy atom. The van der Waals surface area contributed by atoms with Crippen LogP contribution in [-0.2, 0) is 13.6 Å². The molecule has 0 aliphatic heterocycles. The van der Waals surface area contributed by atoms with Crippen LogP contribution >= 0.6 is 11.6 Å². The number of halogens is 1. The Labute approximate surface area is 104 Å². The zero-order valence-electron chi connectivity index (χ0n) is 9.64. The van der Waals surface area contributed by atoms with Crippen LogP contribution in [0.15, 0.2) is 18.2 Å². The molecule has 1 aromatic carbocycles. The number of nitrogens with zero attached hydrogens (tertiary/aromatic N) is 3. The maximum Gasteiger partial charge on any atom is 0.185 e. The van der Waals surface area contributed by atoms with Gasteiger partial charge in [0.2, 0.25) is 0 Å². The Hall–Kier alpha value is -1.59. The van der Waals surface area contributed by atoms with Crippen LogP contribution < -0.4 is 10.5 Å². The minimum Gasteiger partial charge on any atom is -0.496 e. The maximum absolute atomic E-state index is 5.96. The molecule has 2 rings (SSSR count). The van der Waals surface area contributed by atoms with Gasteiger partial charge in [-0.2, -0.15) is 5.10 Å². The second kappa shape index (κ2) is 4.73. The van der Waals surface area contributed by atoms with Gasteiger partial charge in [0.15, 0.2) is 5.82 Å². The number of benzene rings is 1. The Kier molecular flexibility index (Phi) is 3.31. The van der Waals surface area contributed by atoms with Crippen LogP contribution in [0.5, 0.6) is 5.75 Å². The van der Waals surface area contributed by atoms with Crippen LogP contribution in [0.1, 0.15) is 5.82 Å². The lowest BCUT2D eigenvalue weighted by Crippen LogP contribution is -2.05. The zero-order valence-corrected chi connectivity index (χ0v) is 10.4. The van der Waals surface area contributed by atoms with Crippen LogP contribution in [0.25, 0.3) is 11.4 Å². The van der Waals surface area contributed by atoms with Crippen molar-refractivity contribution < 1.29 is 4.74 Å². The molecule has 0 spiro atoms. The largest absolute Gasteiger partial charge is 0.496 e. The van der Waals surface area contributed by atoms with Gasteiger partial charge >= 0.3 is 0 Å². The van der Waals surface area contributed by atoms with Crippen LogP contribution in [0.3, 0.4) is 0 Å². The lowest BCUT2D eigenvalue weighted by Gasteiger charge is -2.05. The van der Waals surface area contributed by atoms with Crippen molar-refractivity contribution in [2.75, 3.05) is 7.11 Å². The van der Waals surface area contributed by atoms with Gasteiger partial charge in [0.05, 0.1) is 19.2 Å². The lowest BCUT2D eigenvalue weighted by molar-refractivity contribution is 0.416. The topological polar surface area (TPSA) is 66.0 Å². The Morgan fingerprint density at radius 3 is 2.82 bits per heavy atom. The van der Waals surface area contributed by atoms with E-state index in [0.717, 1.165) is 5.56 Å². The molecule has 2 aromatic rings. The maximum atomic E-state index is 5.96. The molecule has 1 heterocycles. The molecule has 1 aromatic heterocycles. The van der Waals surface area contributed by atoms with Gasteiger partial charge in [0.1, 0.15) is 11.6 Å². The average Bonchev–Trinajstić information content (AvgIpc) is 2.70. The number of ether oxygens (including phenoxy) is 1. The van der Waals surface area contributed by atoms with E-state index < -0.39 is 0 Å². The van der Waals surface area contributed by atoms with E-state index in [-0.39, 0.29) is 0 Å². The quantitative estimate of drug-likeness (QED) is 0.901. The summed E-state index contributed by atoms with van der Waals surface area (Å²) in [4.78, 5) is 4.34. The first-order valence-electron chi connectivity index (χ1n) is 5.09. The predicted octanol–water partition coefficient (Wildman–Crippen LogP) is 1.60. The SMILES string of the molecule is COc1ccc(Cl)cc1-c1nc(CN)n(C)n1. The highest BCUT2D eigenvalue weighted by molar-refractivity contribution is 6.30. The summed E-state index contributed by atoms with van der Waals surface area (Å²) in [6.45, 7) is 0.340. The fourth-order valence-electron chi connectivity index (χ4n) is 1.56. The summed E-state index contributed by atoms with van der Waals surface area (Å²) in [6, 6.07) is 5.32. The van der Waals surface area contributed by atoms with Gasteiger partial charge in [-0.15, -0.1) is 0 Å². The van der Waals surface area contributed by atoms with Crippen molar-refractivity contribution in [1.82, 2.24) is 14.8 Å². The highest BCUT2D eigenvalue weighted by Crippen LogP contribution is 2.30. The molecule has 0 fully saturated rings. The van der Waals surface area contributed by atoms with Gasteiger partial charge < -0.3 is 10.5 Å². The molecule has 5 nitrogen and oxygen atoms in total. The van der Waals surface area contributed by atoms with Crippen LogP contribution in [0.4, 0.5) is 0 Å². The van der Waals surface area contributed by atoms with Crippen molar-refractivity contribution in [3.05, 3.63) is 29.0 Å². The van der Waals surface area contributed by atoms with Gasteiger partial charge in [0, 0.05) is 12.1 Å². The average molecular weight is 253 g/mol. The molecule has 0 atom stereocenters. The van der Waals surface area contributed by atoms with Gasteiger partial charge in [0.25, 0.3) is 0 Å². The van der Waals surface area contributed by atoms with Crippen molar-refractivity contribution in [3.63, 3.8) is 0 Å². The van der Waals surface area contributed by atoms with E-state index in [9.17, 15) is 0 Å². The number of nitrogens with two attached hydrogens (primary N) is 1. The van der Waals surface area contributed by atoms with E-state index in [1.807, 2.05) is 0 Å². The summed E-state index contributed by atoms with van der Waals surface area (Å²) < 4.78 is 6.91. The number of hydrogen-bond donors (Lipinski definition) is 1. The molecule has 6 heteroatoms. The molecule has 0 amide bonds. The monoisotopic (exact) mass is 252 g/mol. The van der Waals surface area contributed by atoms with Crippen molar-refractivity contribution in [3.8, 4) is 17.1 Å². The van der Waals surface area contributed by atoms with Crippen molar-refractivity contribution in [1.29, 1.82) is 0 Å². The summed E-state index contributed by atoms with van der Waals surface area (Å²) in [5, 5.41) is 4.90. The number of aromatic nitrogens is 3. The van der Waals surface area contributed by atoms with Gasteiger partial charge in [-0.05, 0) is 18.2 Å². The zero-order chi connectivity index (χ0) is 12.4. The number of aryl methyl sites for hydroxylation is 1. The minimum absolute atomic E-state index is 0.340. The van der Waals surface area contributed by atoms with E-state index in [1.165, 1.54) is 0 Å². The fourth-order valence-corrected chi connectivity index (χ4v) is 1.74. The van der Waals surface area contributed by atoms with Crippen molar-refractivity contribution >= 4 is 11.6 Å². The molecule has 0 saturated heterocycles. The number of methoxy groups -OCH3 is 1. The molecule has 0 radical (unpaired) electrons. The Bertz CT molecular complexity index is 538. The normalized spacial score (nSPS) is 10.6. The summed E-state index contributed by atoms with van der Waals surface area (Å²) in [5.74, 6) is 1.96. The molecule has 0 aliphatic carbocycles. The number of rotatable bonds is 3. The third-order valence-electron chi connectivity index (χ3n) is 2.44. The summed E-state index contributed by atoms with van der Waals surface area (Å²) in [5.41, 5.74) is 6.32. The fraction of sp³-hybridized carbons (Fsp3) is 0.273. The molecule has 0 unspecified atom stereocenters. The minimum atomic E-state index is 0.340. The Balaban J connectivity index is 2.54. The van der Waals surface area contributed by atoms with E-state index in [4.69, 9.17) is 22.1 Å². The first-order valence-corrected chi connectivity index (χ1v) is 5.47. The lowest BCUT2D eigenvalue weighted by atomic mass is 10.2. The van der Waals surface area contributed by atoms with Crippen molar-refractivity contribution in [2.24, 2.45) is 12.8 Å².